The average molecular weight is 270 g/mol. The van der Waals surface area contributed by atoms with Crippen molar-refractivity contribution < 1.29 is 22.4 Å². The maximum absolute atomic E-state index is 12.9. The largest absolute Gasteiger partial charge is 0.307 e. The van der Waals surface area contributed by atoms with Crippen molar-refractivity contribution in [1.29, 1.82) is 0 Å². The first kappa shape index (κ1) is 13.0. The van der Waals surface area contributed by atoms with E-state index in [1.165, 1.54) is 6.07 Å². The van der Waals surface area contributed by atoms with E-state index in [4.69, 9.17) is 0 Å². The number of anilines is 1. The highest BCUT2D eigenvalue weighted by Gasteiger charge is 2.15. The van der Waals surface area contributed by atoms with Crippen LogP contribution in [0.2, 0.25) is 0 Å². The fourth-order valence-electron chi connectivity index (χ4n) is 1.32. The van der Waals surface area contributed by atoms with Crippen molar-refractivity contribution in [2.24, 2.45) is 0 Å². The van der Waals surface area contributed by atoms with Gasteiger partial charge in [0.2, 0.25) is 0 Å². The highest BCUT2D eigenvalue weighted by atomic mass is 19.2. The zero-order valence-electron chi connectivity index (χ0n) is 9.25. The average Bonchev–Trinajstić information content (AvgIpc) is 2.38. The third-order valence-electron chi connectivity index (χ3n) is 2.21. The fourth-order valence-corrected chi connectivity index (χ4v) is 1.32. The Morgan fingerprint density at radius 3 is 2.21 bits per heavy atom. The Morgan fingerprint density at radius 2 is 1.68 bits per heavy atom. The lowest BCUT2D eigenvalue weighted by Gasteiger charge is -2.05. The molecule has 1 heterocycles. The van der Waals surface area contributed by atoms with Crippen LogP contribution in [-0.4, -0.2) is 10.9 Å². The molecule has 0 saturated carbocycles. The lowest BCUT2D eigenvalue weighted by molar-refractivity contribution is 0.102. The monoisotopic (exact) mass is 270 g/mol. The zero-order chi connectivity index (χ0) is 14.0. The fraction of sp³-hybridized carbons (Fsp3) is 0. The van der Waals surface area contributed by atoms with Gasteiger partial charge < -0.3 is 5.32 Å². The zero-order valence-corrected chi connectivity index (χ0v) is 9.25. The molecular weight excluding hydrogens is 264 g/mol. The Morgan fingerprint density at radius 1 is 1.05 bits per heavy atom. The van der Waals surface area contributed by atoms with Crippen LogP contribution in [0.5, 0.6) is 0 Å². The molecule has 0 saturated heterocycles. The number of aromatic nitrogens is 1. The number of nitrogens with one attached hydrogen (secondary N) is 1. The highest BCUT2D eigenvalue weighted by molar-refractivity contribution is 6.03. The molecule has 3 nitrogen and oxygen atoms in total. The maximum Gasteiger partial charge on any atom is 0.257 e. The summed E-state index contributed by atoms with van der Waals surface area (Å²) >= 11 is 0. The molecule has 7 heteroatoms. The van der Waals surface area contributed by atoms with E-state index in [-0.39, 0.29) is 5.82 Å². The number of benzene rings is 1. The van der Waals surface area contributed by atoms with E-state index in [9.17, 15) is 22.4 Å². The minimum Gasteiger partial charge on any atom is -0.307 e. The van der Waals surface area contributed by atoms with Gasteiger partial charge in [0.1, 0.15) is 11.6 Å². The third-order valence-corrected chi connectivity index (χ3v) is 2.21. The van der Waals surface area contributed by atoms with Gasteiger partial charge in [-0.1, -0.05) is 0 Å². The van der Waals surface area contributed by atoms with Crippen molar-refractivity contribution in [3.05, 3.63) is 59.3 Å². The van der Waals surface area contributed by atoms with Gasteiger partial charge in [-0.05, 0) is 24.3 Å². The number of carbonyl (C=O) groups excluding carboxylic acids is 1. The molecule has 2 rings (SSSR count). The van der Waals surface area contributed by atoms with Crippen LogP contribution in [0.1, 0.15) is 10.4 Å². The van der Waals surface area contributed by atoms with Crippen LogP contribution in [0, 0.1) is 23.3 Å². The summed E-state index contributed by atoms with van der Waals surface area (Å²) in [6.07, 6.45) is 0.863. The van der Waals surface area contributed by atoms with E-state index in [1.54, 1.807) is 0 Å². The van der Waals surface area contributed by atoms with Gasteiger partial charge in [-0.2, -0.15) is 0 Å². The topological polar surface area (TPSA) is 42.0 Å². The molecular formula is C12H6F4N2O. The molecule has 1 aromatic carbocycles. The van der Waals surface area contributed by atoms with Crippen molar-refractivity contribution in [1.82, 2.24) is 4.98 Å². The number of carbonyl (C=O) groups is 1. The first-order chi connectivity index (χ1) is 8.97. The predicted molar refractivity (Wildman–Crippen MR) is 58.5 cm³/mol. The summed E-state index contributed by atoms with van der Waals surface area (Å²) in [4.78, 5) is 15.2. The Bertz CT molecular complexity index is 605. The lowest BCUT2D eigenvalue weighted by atomic mass is 10.2. The summed E-state index contributed by atoms with van der Waals surface area (Å²) in [6.45, 7) is 0. The van der Waals surface area contributed by atoms with Gasteiger partial charge in [-0.25, -0.2) is 22.5 Å². The molecule has 0 aliphatic rings. The molecule has 1 amide bonds. The van der Waals surface area contributed by atoms with Crippen LogP contribution in [0.15, 0.2) is 30.5 Å². The Kier molecular flexibility index (Phi) is 3.46. The Balaban J connectivity index is 2.23. The number of halogens is 4. The molecule has 98 valence electrons. The summed E-state index contributed by atoms with van der Waals surface area (Å²) in [6, 6.07) is 3.33. The van der Waals surface area contributed by atoms with E-state index >= 15 is 0 Å². The molecule has 1 aromatic heterocycles. The summed E-state index contributed by atoms with van der Waals surface area (Å²) in [5.74, 6) is -6.10. The summed E-state index contributed by atoms with van der Waals surface area (Å²) < 4.78 is 51.2. The summed E-state index contributed by atoms with van der Waals surface area (Å²) in [5.41, 5.74) is -0.414. The molecule has 2 aromatic rings. The number of rotatable bonds is 2. The van der Waals surface area contributed by atoms with Gasteiger partial charge in [0.25, 0.3) is 5.91 Å². The Labute approximate surface area is 104 Å². The molecule has 0 bridgehead atoms. The molecule has 0 unspecified atom stereocenters. The van der Waals surface area contributed by atoms with Gasteiger partial charge in [0, 0.05) is 5.56 Å². The summed E-state index contributed by atoms with van der Waals surface area (Å²) in [7, 11) is 0. The highest BCUT2D eigenvalue weighted by Crippen LogP contribution is 2.15. The van der Waals surface area contributed by atoms with E-state index < -0.39 is 34.7 Å². The Hall–Kier alpha value is -2.44. The molecule has 0 atom stereocenters. The van der Waals surface area contributed by atoms with E-state index in [1.807, 2.05) is 0 Å². The standard InChI is InChI=1S/C12H6F4N2O/c13-7-1-2-10(17-5-7)18-12(19)6-3-8(14)11(16)9(15)4-6/h1-5H,(H,17,18,19). The second-order valence-corrected chi connectivity index (χ2v) is 3.57. The predicted octanol–water partition coefficient (Wildman–Crippen LogP) is 2.89. The number of nitrogens with zero attached hydrogens (tertiary/aromatic N) is 1. The van der Waals surface area contributed by atoms with Crippen LogP contribution in [0.3, 0.4) is 0 Å². The first-order valence-electron chi connectivity index (χ1n) is 5.05. The number of amides is 1. The van der Waals surface area contributed by atoms with Crippen molar-refractivity contribution in [2.45, 2.75) is 0 Å². The van der Waals surface area contributed by atoms with E-state index in [0.29, 0.717) is 12.1 Å². The minimum absolute atomic E-state index is 0.00320. The van der Waals surface area contributed by atoms with Crippen molar-refractivity contribution in [3.63, 3.8) is 0 Å². The van der Waals surface area contributed by atoms with Gasteiger partial charge in [0.15, 0.2) is 17.5 Å². The van der Waals surface area contributed by atoms with Crippen LogP contribution < -0.4 is 5.32 Å². The lowest BCUT2D eigenvalue weighted by Crippen LogP contribution is -2.14. The number of hydrogen-bond acceptors (Lipinski definition) is 2. The van der Waals surface area contributed by atoms with Crippen molar-refractivity contribution >= 4 is 11.7 Å². The van der Waals surface area contributed by atoms with Crippen LogP contribution in [0.25, 0.3) is 0 Å². The van der Waals surface area contributed by atoms with Crippen molar-refractivity contribution in [2.75, 3.05) is 5.32 Å². The molecule has 0 spiro atoms. The van der Waals surface area contributed by atoms with Crippen LogP contribution >= 0.6 is 0 Å². The summed E-state index contributed by atoms with van der Waals surface area (Å²) in [5, 5.41) is 2.19. The van der Waals surface area contributed by atoms with Gasteiger partial charge in [-0.3, -0.25) is 4.79 Å². The van der Waals surface area contributed by atoms with Crippen LogP contribution in [-0.2, 0) is 0 Å². The third kappa shape index (κ3) is 2.87. The SMILES string of the molecule is O=C(Nc1ccc(F)cn1)c1cc(F)c(F)c(F)c1. The van der Waals surface area contributed by atoms with Crippen molar-refractivity contribution in [3.8, 4) is 0 Å². The number of pyridine rings is 1. The van der Waals surface area contributed by atoms with E-state index in [2.05, 4.69) is 10.3 Å². The molecule has 0 aliphatic carbocycles. The number of hydrogen-bond donors (Lipinski definition) is 1. The van der Waals surface area contributed by atoms with Crippen LogP contribution in [0.4, 0.5) is 23.4 Å². The smallest absolute Gasteiger partial charge is 0.257 e. The minimum atomic E-state index is -1.66. The first-order valence-corrected chi connectivity index (χ1v) is 5.05. The van der Waals surface area contributed by atoms with Gasteiger partial charge in [-0.15, -0.1) is 0 Å². The molecule has 1 N–H and O–H groups in total. The van der Waals surface area contributed by atoms with Gasteiger partial charge in [0.05, 0.1) is 6.20 Å². The molecule has 19 heavy (non-hydrogen) atoms. The normalized spacial score (nSPS) is 10.3. The quantitative estimate of drug-likeness (QED) is 0.673. The second-order valence-electron chi connectivity index (χ2n) is 3.57. The molecule has 0 aliphatic heterocycles. The van der Waals surface area contributed by atoms with E-state index in [0.717, 1.165) is 12.3 Å². The second kappa shape index (κ2) is 5.05. The van der Waals surface area contributed by atoms with Gasteiger partial charge >= 0.3 is 0 Å². The molecule has 0 fully saturated rings. The maximum atomic E-state index is 12.9. The molecule has 0 radical (unpaired) electrons.